The second kappa shape index (κ2) is 7.72. The van der Waals surface area contributed by atoms with Crippen molar-refractivity contribution in [3.05, 3.63) is 51.1 Å². The molecule has 130 valence electrons. The quantitative estimate of drug-likeness (QED) is 0.506. The Kier molecular flexibility index (Phi) is 5.61. The monoisotopic (exact) mass is 391 g/mol. The van der Waals surface area contributed by atoms with E-state index in [0.29, 0.717) is 17.3 Å². The number of rotatable bonds is 5. The summed E-state index contributed by atoms with van der Waals surface area (Å²) in [5, 5.41) is 5.51. The minimum Gasteiger partial charge on any atom is -0.351 e. The predicted molar refractivity (Wildman–Crippen MR) is 106 cm³/mol. The highest BCUT2D eigenvalue weighted by Crippen LogP contribution is 2.34. The summed E-state index contributed by atoms with van der Waals surface area (Å²) in [6.07, 6.45) is 0. The number of carbonyl (C=O) groups excluding carboxylic acids is 1. The van der Waals surface area contributed by atoms with E-state index in [0.717, 1.165) is 26.6 Å². The van der Waals surface area contributed by atoms with E-state index in [1.54, 1.807) is 11.3 Å². The number of aromatic nitrogens is 2. The minimum atomic E-state index is -0.0426. The maximum Gasteiger partial charge on any atom is 0.230 e. The van der Waals surface area contributed by atoms with Gasteiger partial charge in [0, 0.05) is 21.8 Å². The third-order valence-corrected chi connectivity index (χ3v) is 6.33. The molecule has 1 aromatic carbocycles. The molecule has 0 aliphatic rings. The summed E-state index contributed by atoms with van der Waals surface area (Å²) in [5.74, 6) is 0.997. The maximum absolute atomic E-state index is 12.2. The number of amides is 1. The predicted octanol–water partition coefficient (Wildman–Crippen LogP) is 4.68. The summed E-state index contributed by atoms with van der Waals surface area (Å²) in [6, 6.07) is 7.51. The topological polar surface area (TPSA) is 54.9 Å². The van der Waals surface area contributed by atoms with Crippen molar-refractivity contribution in [3.8, 4) is 0 Å². The van der Waals surface area contributed by atoms with Crippen LogP contribution in [0.1, 0.15) is 21.8 Å². The third-order valence-electron chi connectivity index (χ3n) is 3.88. The van der Waals surface area contributed by atoms with Gasteiger partial charge in [0.25, 0.3) is 0 Å². The molecule has 3 aromatic rings. The summed E-state index contributed by atoms with van der Waals surface area (Å²) in [7, 11) is 0. The molecular formula is C18H18ClN3OS2. The van der Waals surface area contributed by atoms with Crippen LogP contribution in [0.5, 0.6) is 0 Å². The molecule has 0 atom stereocenters. The fourth-order valence-corrected chi connectivity index (χ4v) is 4.74. The molecule has 0 aliphatic heterocycles. The van der Waals surface area contributed by atoms with Crippen LogP contribution in [0.4, 0.5) is 0 Å². The second-order valence-electron chi connectivity index (χ2n) is 5.70. The van der Waals surface area contributed by atoms with E-state index in [9.17, 15) is 4.79 Å². The lowest BCUT2D eigenvalue weighted by molar-refractivity contribution is -0.118. The molecule has 3 rings (SSSR count). The number of hydrogen-bond donors (Lipinski definition) is 1. The first-order chi connectivity index (χ1) is 12.0. The Hall–Kier alpha value is -1.63. The van der Waals surface area contributed by atoms with E-state index >= 15 is 0 Å². The van der Waals surface area contributed by atoms with Gasteiger partial charge < -0.3 is 5.32 Å². The van der Waals surface area contributed by atoms with Crippen LogP contribution < -0.4 is 5.32 Å². The van der Waals surface area contributed by atoms with Crippen LogP contribution in [0.3, 0.4) is 0 Å². The van der Waals surface area contributed by atoms with Gasteiger partial charge >= 0.3 is 0 Å². The van der Waals surface area contributed by atoms with Gasteiger partial charge in [-0.1, -0.05) is 41.6 Å². The third kappa shape index (κ3) is 4.14. The molecule has 0 radical (unpaired) electrons. The number of nitrogens with zero attached hydrogens (tertiary/aromatic N) is 2. The molecule has 2 heterocycles. The molecular weight excluding hydrogens is 374 g/mol. The Bertz CT molecular complexity index is 939. The summed E-state index contributed by atoms with van der Waals surface area (Å²) < 4.78 is 0. The van der Waals surface area contributed by atoms with Crippen LogP contribution in [0.15, 0.2) is 29.3 Å². The highest BCUT2D eigenvalue weighted by molar-refractivity contribution is 8.00. The largest absolute Gasteiger partial charge is 0.351 e. The Morgan fingerprint density at radius 1 is 1.24 bits per heavy atom. The smallest absolute Gasteiger partial charge is 0.230 e. The lowest BCUT2D eigenvalue weighted by Crippen LogP contribution is -2.24. The van der Waals surface area contributed by atoms with Crippen LogP contribution >= 0.6 is 34.7 Å². The van der Waals surface area contributed by atoms with E-state index in [4.69, 9.17) is 11.6 Å². The van der Waals surface area contributed by atoms with Gasteiger partial charge in [0.05, 0.1) is 5.75 Å². The molecule has 0 spiro atoms. The normalized spacial score (nSPS) is 11.0. The number of carbonyl (C=O) groups is 1. The molecule has 0 fully saturated rings. The van der Waals surface area contributed by atoms with Gasteiger partial charge in [0.2, 0.25) is 5.91 Å². The molecule has 0 unspecified atom stereocenters. The highest BCUT2D eigenvalue weighted by Gasteiger charge is 2.15. The summed E-state index contributed by atoms with van der Waals surface area (Å²) in [5.41, 5.74) is 2.10. The van der Waals surface area contributed by atoms with Crippen molar-refractivity contribution in [1.82, 2.24) is 15.3 Å². The van der Waals surface area contributed by atoms with Crippen molar-refractivity contribution >= 4 is 50.8 Å². The van der Waals surface area contributed by atoms with E-state index in [-0.39, 0.29) is 5.91 Å². The van der Waals surface area contributed by atoms with Gasteiger partial charge in [-0.2, -0.15) is 0 Å². The first kappa shape index (κ1) is 18.2. The molecule has 0 bridgehead atoms. The van der Waals surface area contributed by atoms with Crippen molar-refractivity contribution in [3.63, 3.8) is 0 Å². The van der Waals surface area contributed by atoms with Gasteiger partial charge in [0.1, 0.15) is 15.7 Å². The fraction of sp³-hybridized carbons (Fsp3) is 0.278. The van der Waals surface area contributed by atoms with Crippen LogP contribution in [-0.2, 0) is 11.3 Å². The lowest BCUT2D eigenvalue weighted by Gasteiger charge is -2.08. The zero-order valence-electron chi connectivity index (χ0n) is 14.2. The molecule has 0 aliphatic carbocycles. The number of hydrogen-bond acceptors (Lipinski definition) is 5. The number of nitrogens with one attached hydrogen (secondary N) is 1. The van der Waals surface area contributed by atoms with Gasteiger partial charge in [-0.25, -0.2) is 9.97 Å². The second-order valence-corrected chi connectivity index (χ2v) is 8.27. The zero-order valence-corrected chi connectivity index (χ0v) is 16.6. The summed E-state index contributed by atoms with van der Waals surface area (Å²) in [6.45, 7) is 6.47. The SMILES string of the molecule is Cc1nc(SCC(=O)NCc2ccccc2Cl)c2c(C)c(C)sc2n1. The number of benzene rings is 1. The first-order valence-corrected chi connectivity index (χ1v) is 10.0. The minimum absolute atomic E-state index is 0.0426. The molecule has 0 saturated heterocycles. The van der Waals surface area contributed by atoms with Crippen LogP contribution in [0.25, 0.3) is 10.2 Å². The molecule has 1 N–H and O–H groups in total. The van der Waals surface area contributed by atoms with Crippen LogP contribution in [0, 0.1) is 20.8 Å². The van der Waals surface area contributed by atoms with E-state index < -0.39 is 0 Å². The number of thiophene rings is 1. The number of aryl methyl sites for hydroxylation is 3. The number of fused-ring (bicyclic) bond motifs is 1. The van der Waals surface area contributed by atoms with Crippen molar-refractivity contribution in [2.45, 2.75) is 32.3 Å². The maximum atomic E-state index is 12.2. The highest BCUT2D eigenvalue weighted by atomic mass is 35.5. The van der Waals surface area contributed by atoms with Crippen molar-refractivity contribution in [2.24, 2.45) is 0 Å². The molecule has 4 nitrogen and oxygen atoms in total. The molecule has 0 saturated carbocycles. The Morgan fingerprint density at radius 2 is 2.00 bits per heavy atom. The zero-order chi connectivity index (χ0) is 18.0. The van der Waals surface area contributed by atoms with Crippen molar-refractivity contribution in [2.75, 3.05) is 5.75 Å². The molecule has 25 heavy (non-hydrogen) atoms. The average molecular weight is 392 g/mol. The molecule has 2 aromatic heterocycles. The van der Waals surface area contributed by atoms with E-state index in [1.807, 2.05) is 31.2 Å². The van der Waals surface area contributed by atoms with E-state index in [1.165, 1.54) is 22.2 Å². The van der Waals surface area contributed by atoms with Gasteiger partial charge in [-0.05, 0) is 38.0 Å². The standard InChI is InChI=1S/C18H18ClN3OS2/c1-10-11(2)25-18-16(10)17(21-12(3)22-18)24-9-15(23)20-8-13-6-4-5-7-14(13)19/h4-7H,8-9H2,1-3H3,(H,20,23). The van der Waals surface area contributed by atoms with Gasteiger partial charge in [-0.3, -0.25) is 4.79 Å². The Labute approximate surface area is 160 Å². The Morgan fingerprint density at radius 3 is 2.76 bits per heavy atom. The summed E-state index contributed by atoms with van der Waals surface area (Å²) >= 11 is 9.23. The van der Waals surface area contributed by atoms with Crippen molar-refractivity contribution in [1.29, 1.82) is 0 Å². The van der Waals surface area contributed by atoms with Crippen LogP contribution in [0.2, 0.25) is 5.02 Å². The lowest BCUT2D eigenvalue weighted by atomic mass is 10.2. The van der Waals surface area contributed by atoms with E-state index in [2.05, 4.69) is 29.1 Å². The van der Waals surface area contributed by atoms with Crippen molar-refractivity contribution < 1.29 is 4.79 Å². The number of thioether (sulfide) groups is 1. The molecule has 1 amide bonds. The van der Waals surface area contributed by atoms with Gasteiger partial charge in [-0.15, -0.1) is 11.3 Å². The summed E-state index contributed by atoms with van der Waals surface area (Å²) in [4.78, 5) is 23.5. The average Bonchev–Trinajstić information content (AvgIpc) is 2.86. The molecule has 7 heteroatoms. The Balaban J connectivity index is 1.68. The first-order valence-electron chi connectivity index (χ1n) is 7.83. The fourth-order valence-electron chi connectivity index (χ4n) is 2.44. The van der Waals surface area contributed by atoms with Crippen LogP contribution in [-0.4, -0.2) is 21.6 Å². The number of halogens is 1. The van der Waals surface area contributed by atoms with Gasteiger partial charge in [0.15, 0.2) is 0 Å².